The second-order valence-corrected chi connectivity index (χ2v) is 11.6. The van der Waals surface area contributed by atoms with Gasteiger partial charge >= 0.3 is 5.97 Å². The molecule has 42 heavy (non-hydrogen) atoms. The summed E-state index contributed by atoms with van der Waals surface area (Å²) >= 11 is 6.69. The summed E-state index contributed by atoms with van der Waals surface area (Å²) in [7, 11) is 2.01. The molecule has 1 amide bonds. The monoisotopic (exact) mass is 574 g/mol. The molecule has 1 aliphatic heterocycles. The van der Waals surface area contributed by atoms with Gasteiger partial charge in [0.2, 0.25) is 5.91 Å². The number of para-hydroxylation sites is 1. The van der Waals surface area contributed by atoms with Crippen LogP contribution >= 0.6 is 11.6 Å². The molecule has 2 heterocycles. The zero-order valence-corrected chi connectivity index (χ0v) is 24.3. The average Bonchev–Trinajstić information content (AvgIpc) is 3.44. The van der Waals surface area contributed by atoms with Crippen molar-refractivity contribution in [3.8, 4) is 0 Å². The van der Waals surface area contributed by atoms with Crippen molar-refractivity contribution in [2.24, 2.45) is 13.0 Å². The number of carbonyl (C=O) groups excluding carboxylic acids is 2. The number of hydrogen-bond donors (Lipinski definition) is 0. The molecular weight excluding hydrogens is 544 g/mol. The van der Waals surface area contributed by atoms with Crippen molar-refractivity contribution >= 4 is 40.1 Å². The van der Waals surface area contributed by atoms with Crippen LogP contribution in [0, 0.1) is 5.92 Å². The zero-order chi connectivity index (χ0) is 29.0. The maximum Gasteiger partial charge on any atom is 0.310 e. The lowest BCUT2D eigenvalue weighted by atomic mass is 9.58. The minimum absolute atomic E-state index is 0.106. The van der Waals surface area contributed by atoms with Gasteiger partial charge < -0.3 is 14.2 Å². The molecule has 210 valence electrons. The van der Waals surface area contributed by atoms with Crippen molar-refractivity contribution in [1.29, 1.82) is 0 Å². The van der Waals surface area contributed by atoms with E-state index in [0.717, 1.165) is 44.5 Å². The molecule has 7 rings (SSSR count). The molecule has 4 aromatic carbocycles. The van der Waals surface area contributed by atoms with E-state index < -0.39 is 11.3 Å². The summed E-state index contributed by atoms with van der Waals surface area (Å²) in [6.07, 6.45) is 0.431. The van der Waals surface area contributed by atoms with Gasteiger partial charge in [0.05, 0.1) is 19.1 Å². The predicted octanol–water partition coefficient (Wildman–Crippen LogP) is 7.38. The van der Waals surface area contributed by atoms with Crippen molar-refractivity contribution in [2.45, 2.75) is 31.2 Å². The fraction of sp³-hybridized carbons (Fsp3) is 0.222. The Bertz CT molecular complexity index is 1830. The van der Waals surface area contributed by atoms with Crippen LogP contribution in [0.25, 0.3) is 10.9 Å². The second kappa shape index (κ2) is 10.2. The lowest BCUT2D eigenvalue weighted by Crippen LogP contribution is -2.53. The van der Waals surface area contributed by atoms with Gasteiger partial charge in [-0.25, -0.2) is 0 Å². The fourth-order valence-corrected chi connectivity index (χ4v) is 7.61. The Morgan fingerprint density at radius 3 is 2.38 bits per heavy atom. The van der Waals surface area contributed by atoms with Gasteiger partial charge in [-0.3, -0.25) is 9.59 Å². The van der Waals surface area contributed by atoms with Crippen molar-refractivity contribution in [3.63, 3.8) is 0 Å². The number of nitrogens with zero attached hydrogens (tertiary/aromatic N) is 2. The number of amides is 1. The Morgan fingerprint density at radius 1 is 0.952 bits per heavy atom. The summed E-state index contributed by atoms with van der Waals surface area (Å²) in [5, 5.41) is 1.61. The second-order valence-electron chi connectivity index (χ2n) is 11.2. The third kappa shape index (κ3) is 3.76. The van der Waals surface area contributed by atoms with Crippen LogP contribution in [-0.4, -0.2) is 23.1 Å². The van der Waals surface area contributed by atoms with Gasteiger partial charge in [-0.15, -0.1) is 0 Å². The number of aryl methyl sites for hydroxylation is 1. The SMILES string of the molecule is CCOC(=O)[C@H]1C[C@@H](c2ccccc2)c2c(n(C)c3ccccc23)[C@@]12C(=O)N(Cc1ccccc1)c1ccc(Cl)cc12. The number of benzene rings is 4. The van der Waals surface area contributed by atoms with E-state index in [-0.39, 0.29) is 24.4 Å². The van der Waals surface area contributed by atoms with E-state index in [9.17, 15) is 4.79 Å². The molecule has 5 aromatic rings. The first-order chi connectivity index (χ1) is 20.5. The van der Waals surface area contributed by atoms with Gasteiger partial charge in [0.15, 0.2) is 0 Å². The number of anilines is 1. The number of hydrogen-bond acceptors (Lipinski definition) is 3. The summed E-state index contributed by atoms with van der Waals surface area (Å²) in [5.74, 6) is -1.36. The average molecular weight is 575 g/mol. The van der Waals surface area contributed by atoms with Crippen LogP contribution in [0.3, 0.4) is 0 Å². The Balaban J connectivity index is 1.58. The van der Waals surface area contributed by atoms with Gasteiger partial charge in [0, 0.05) is 40.3 Å². The molecular formula is C36H31ClN2O3. The van der Waals surface area contributed by atoms with E-state index in [4.69, 9.17) is 16.3 Å². The standard InChI is InChI=1S/C36H31ClN2O3/c1-3-42-34(40)29-21-27(24-14-8-5-9-15-24)32-26-16-10-11-17-30(26)38(2)33(32)36(29)28-20-25(37)18-19-31(28)39(35(36)41)22-23-12-6-4-7-13-23/h4-20,27,29H,3,21-22H2,1-2H3/t27-,29+,36-/m0/s1. The molecule has 0 saturated carbocycles. The minimum atomic E-state index is -1.31. The van der Waals surface area contributed by atoms with Crippen LogP contribution in [0.4, 0.5) is 5.69 Å². The van der Waals surface area contributed by atoms with Gasteiger partial charge in [-0.2, -0.15) is 0 Å². The Hall–Kier alpha value is -4.35. The number of fused-ring (bicyclic) bond motifs is 6. The molecule has 1 aliphatic carbocycles. The van der Waals surface area contributed by atoms with Gasteiger partial charge in [-0.05, 0) is 59.9 Å². The Morgan fingerprint density at radius 2 is 1.64 bits per heavy atom. The van der Waals surface area contributed by atoms with E-state index in [1.165, 1.54) is 0 Å². The molecule has 2 aliphatic rings. The van der Waals surface area contributed by atoms with Crippen LogP contribution in [0.15, 0.2) is 103 Å². The number of ether oxygens (including phenoxy) is 1. The largest absolute Gasteiger partial charge is 0.466 e. The molecule has 0 N–H and O–H groups in total. The highest BCUT2D eigenvalue weighted by atomic mass is 35.5. The van der Waals surface area contributed by atoms with Crippen molar-refractivity contribution < 1.29 is 14.3 Å². The molecule has 5 nitrogen and oxygen atoms in total. The molecule has 0 saturated heterocycles. The topological polar surface area (TPSA) is 51.5 Å². The van der Waals surface area contributed by atoms with E-state index in [1.807, 2.05) is 97.7 Å². The highest BCUT2D eigenvalue weighted by Crippen LogP contribution is 2.60. The maximum absolute atomic E-state index is 15.3. The quantitative estimate of drug-likeness (QED) is 0.206. The number of aromatic nitrogens is 1. The molecule has 1 aromatic heterocycles. The van der Waals surface area contributed by atoms with Crippen LogP contribution < -0.4 is 4.90 Å². The van der Waals surface area contributed by atoms with Crippen LogP contribution in [-0.2, 0) is 33.3 Å². The Labute approximate surface area is 250 Å². The highest BCUT2D eigenvalue weighted by Gasteiger charge is 2.64. The first-order valence-corrected chi connectivity index (χ1v) is 14.8. The molecule has 0 unspecified atom stereocenters. The third-order valence-electron chi connectivity index (χ3n) is 9.08. The number of carbonyl (C=O) groups is 2. The molecule has 3 atom stereocenters. The zero-order valence-electron chi connectivity index (χ0n) is 23.6. The predicted molar refractivity (Wildman–Crippen MR) is 166 cm³/mol. The minimum Gasteiger partial charge on any atom is -0.466 e. The van der Waals surface area contributed by atoms with E-state index in [1.54, 1.807) is 0 Å². The molecule has 6 heteroatoms. The van der Waals surface area contributed by atoms with Crippen LogP contribution in [0.5, 0.6) is 0 Å². The molecule has 0 radical (unpaired) electrons. The normalized spacial score (nSPS) is 21.0. The Kier molecular flexibility index (Phi) is 6.43. The van der Waals surface area contributed by atoms with Gasteiger partial charge in [-0.1, -0.05) is 90.5 Å². The lowest BCUT2D eigenvalue weighted by molar-refractivity contribution is -0.153. The fourth-order valence-electron chi connectivity index (χ4n) is 7.44. The van der Waals surface area contributed by atoms with E-state index >= 15 is 4.79 Å². The first-order valence-electron chi connectivity index (χ1n) is 14.4. The van der Waals surface area contributed by atoms with Gasteiger partial charge in [0.25, 0.3) is 0 Å². The summed E-state index contributed by atoms with van der Waals surface area (Å²) in [6.45, 7) is 2.42. The molecule has 1 spiro atoms. The van der Waals surface area contributed by atoms with Crippen molar-refractivity contribution in [3.05, 3.63) is 136 Å². The molecule has 0 fully saturated rings. The summed E-state index contributed by atoms with van der Waals surface area (Å²) < 4.78 is 7.90. The molecule has 0 bridgehead atoms. The van der Waals surface area contributed by atoms with Crippen LogP contribution in [0.2, 0.25) is 5.02 Å². The van der Waals surface area contributed by atoms with Gasteiger partial charge in [0.1, 0.15) is 5.41 Å². The third-order valence-corrected chi connectivity index (χ3v) is 9.31. The lowest BCUT2D eigenvalue weighted by Gasteiger charge is -2.43. The summed E-state index contributed by atoms with van der Waals surface area (Å²) in [4.78, 5) is 31.2. The number of halogens is 1. The van der Waals surface area contributed by atoms with Crippen LogP contribution in [0.1, 0.15) is 47.2 Å². The number of esters is 1. The van der Waals surface area contributed by atoms with Crippen molar-refractivity contribution in [1.82, 2.24) is 4.57 Å². The smallest absolute Gasteiger partial charge is 0.310 e. The maximum atomic E-state index is 15.3. The van der Waals surface area contributed by atoms with E-state index in [2.05, 4.69) is 28.8 Å². The van der Waals surface area contributed by atoms with Crippen molar-refractivity contribution in [2.75, 3.05) is 11.5 Å². The summed E-state index contributed by atoms with van der Waals surface area (Å²) in [5.41, 5.74) is 5.28. The first kappa shape index (κ1) is 26.5. The highest BCUT2D eigenvalue weighted by molar-refractivity contribution is 6.31. The van der Waals surface area contributed by atoms with E-state index in [0.29, 0.717) is 18.0 Å². The number of rotatable bonds is 5. The summed E-state index contributed by atoms with van der Waals surface area (Å²) in [6, 6.07) is 34.1.